The normalized spacial score (nSPS) is 16.2. The Morgan fingerprint density at radius 1 is 0.591 bits per heavy atom. The largest absolute Gasteiger partial charge is 0.508 e. The monoisotopic (exact) mass is 1330 g/mol. The van der Waals surface area contributed by atoms with Gasteiger partial charge in [0.2, 0.25) is 65.0 Å². The number of aliphatic hydroxyl groups is 3. The number of carbonyl (C=O) groups excluding carboxylic acids is 11. The molecule has 1 aliphatic rings. The van der Waals surface area contributed by atoms with Gasteiger partial charge in [0.05, 0.1) is 32.3 Å². The standard InChI is InChI=1S/C60H87N13O19S/c1-30(2)21-36(61)50(81)66-40(23-32-12-14-34(77)15-13-32)53(84)70-44(27-74)57(88)72-46(29-76)59(90)73-19-8-11-47(73)58(89)71-45(28-75)56(87)65-39(18-20-93-5)52(83)67-41(24-33-26-63-37-10-7-6-9-35(33)37)54(85)64-38(16-17-49(79)80)51(82)68-42(25-48(62)78)55(86)69-43(60(91)92)22-31(3)4/h6-7,9-10,12-15,26,30-31,36,38-47,63,74-77H,8,11,16-25,27-29,61H2,1-5H3,(H2,62,78)(H,64,85)(H,65,87)(H,66,81)(H,67,83)(H,68,82)(H,69,86)(H,70,84)(H,71,89)(H,72,88)(H,79,80)(H,91,92)/t36-,38-,39-,40-,41-,42-,43-,44-,45-,46-,47-/m0/s1. The Kier molecular flexibility index (Phi) is 30.9. The Balaban J connectivity index is 1.53. The number of aromatic nitrogens is 1. The van der Waals surface area contributed by atoms with Gasteiger partial charge in [0.15, 0.2) is 0 Å². The molecule has 1 aromatic heterocycles. The molecule has 11 atom stereocenters. The predicted molar refractivity (Wildman–Crippen MR) is 335 cm³/mol. The number of carboxylic acids is 2. The minimum Gasteiger partial charge on any atom is -0.508 e. The first-order valence-corrected chi connectivity index (χ1v) is 31.6. The number of carbonyl (C=O) groups is 13. The van der Waals surface area contributed by atoms with E-state index in [1.165, 1.54) is 36.0 Å². The average Bonchev–Trinajstić information content (AvgIpc) is 1.88. The summed E-state index contributed by atoms with van der Waals surface area (Å²) in [6, 6.07) is -4.66. The number of aliphatic hydroxyl groups excluding tert-OH is 3. The van der Waals surface area contributed by atoms with Gasteiger partial charge in [-0.15, -0.1) is 0 Å². The molecule has 3 aromatic rings. The maximum atomic E-state index is 14.5. The highest BCUT2D eigenvalue weighted by atomic mass is 32.2. The van der Waals surface area contributed by atoms with Gasteiger partial charge >= 0.3 is 11.9 Å². The van der Waals surface area contributed by atoms with Crippen LogP contribution < -0.4 is 59.3 Å². The van der Waals surface area contributed by atoms with Crippen molar-refractivity contribution in [3.8, 4) is 5.75 Å². The summed E-state index contributed by atoms with van der Waals surface area (Å²) in [6.45, 7) is 3.82. The number of hydrogen-bond donors (Lipinski definition) is 18. The van der Waals surface area contributed by atoms with Gasteiger partial charge in [-0.25, -0.2) is 4.79 Å². The van der Waals surface area contributed by atoms with E-state index < -0.39 is 182 Å². The third-order valence-electron chi connectivity index (χ3n) is 15.0. The second-order valence-corrected chi connectivity index (χ2v) is 24.3. The van der Waals surface area contributed by atoms with E-state index in [0.29, 0.717) is 22.0 Å². The molecule has 1 saturated heterocycles. The number of nitrogens with two attached hydrogens (primary N) is 2. The molecule has 1 fully saturated rings. The second kappa shape index (κ2) is 37.6. The fraction of sp³-hybridized carbons (Fsp3) is 0.550. The molecule has 0 bridgehead atoms. The molecule has 20 N–H and O–H groups in total. The number of H-pyrrole nitrogens is 1. The fourth-order valence-electron chi connectivity index (χ4n) is 10.1. The van der Waals surface area contributed by atoms with E-state index in [1.54, 1.807) is 50.6 Å². The second-order valence-electron chi connectivity index (χ2n) is 23.3. The van der Waals surface area contributed by atoms with Gasteiger partial charge in [-0.05, 0) is 91.7 Å². The highest BCUT2D eigenvalue weighted by Crippen LogP contribution is 2.22. The number of amides is 11. The molecule has 0 aliphatic carbocycles. The summed E-state index contributed by atoms with van der Waals surface area (Å²) in [7, 11) is 0. The van der Waals surface area contributed by atoms with E-state index in [0.717, 1.165) is 4.90 Å². The van der Waals surface area contributed by atoms with Gasteiger partial charge in [-0.2, -0.15) is 11.8 Å². The highest BCUT2D eigenvalue weighted by Gasteiger charge is 2.41. The molecule has 33 heteroatoms. The number of likely N-dealkylation sites (tertiary alicyclic amines) is 1. The summed E-state index contributed by atoms with van der Waals surface area (Å²) < 4.78 is 0. The van der Waals surface area contributed by atoms with Crippen LogP contribution in [0.3, 0.4) is 0 Å². The first-order chi connectivity index (χ1) is 44.0. The van der Waals surface area contributed by atoms with Crippen LogP contribution >= 0.6 is 11.8 Å². The average molecular weight is 1330 g/mol. The van der Waals surface area contributed by atoms with Crippen LogP contribution in [-0.4, -0.2) is 222 Å². The van der Waals surface area contributed by atoms with Crippen molar-refractivity contribution in [3.63, 3.8) is 0 Å². The number of hydrogen-bond acceptors (Lipinski definition) is 19. The molecule has 4 rings (SSSR count). The minimum atomic E-state index is -1.80. The number of primary amides is 1. The van der Waals surface area contributed by atoms with Gasteiger partial charge in [0.1, 0.15) is 66.2 Å². The van der Waals surface area contributed by atoms with Crippen molar-refractivity contribution >= 4 is 99.6 Å². The molecule has 2 heterocycles. The summed E-state index contributed by atoms with van der Waals surface area (Å²) >= 11 is 1.25. The molecular weight excluding hydrogens is 1240 g/mol. The summed E-state index contributed by atoms with van der Waals surface area (Å²) in [5.74, 6) is -14.3. The molecule has 11 amide bonds. The molecule has 0 radical (unpaired) electrons. The van der Waals surface area contributed by atoms with Gasteiger partial charge in [0.25, 0.3) is 0 Å². The Labute approximate surface area is 540 Å². The van der Waals surface area contributed by atoms with Gasteiger partial charge in [-0.3, -0.25) is 57.5 Å². The SMILES string of the molecule is CSCC[C@H](NC(=O)[C@H](CO)NC(=O)[C@@H]1CCCN1C(=O)[C@H](CO)NC(=O)[C@H](CO)NC(=O)[C@H](Cc1ccc(O)cc1)NC(=O)[C@@H](N)CC(C)C)C(=O)N[C@@H](Cc1c[nH]c2ccccc12)C(=O)N[C@@H](CCC(=O)O)C(=O)N[C@@H](CC(N)=O)C(=O)N[C@@H](CC(C)C)C(=O)O. The van der Waals surface area contributed by atoms with E-state index in [-0.39, 0.29) is 74.8 Å². The van der Waals surface area contributed by atoms with E-state index in [2.05, 4.69) is 52.8 Å². The molecule has 0 unspecified atom stereocenters. The van der Waals surface area contributed by atoms with Crippen molar-refractivity contribution in [3.05, 3.63) is 65.9 Å². The lowest BCUT2D eigenvalue weighted by Gasteiger charge is -2.30. The number of nitrogens with one attached hydrogen (secondary N) is 10. The number of fused-ring (bicyclic) bond motifs is 1. The molecule has 0 spiro atoms. The van der Waals surface area contributed by atoms with Crippen molar-refractivity contribution < 1.29 is 93.0 Å². The molecule has 32 nitrogen and oxygen atoms in total. The summed E-state index contributed by atoms with van der Waals surface area (Å²) in [4.78, 5) is 179. The van der Waals surface area contributed by atoms with Crippen LogP contribution in [0.1, 0.15) is 90.2 Å². The third kappa shape index (κ3) is 24.2. The van der Waals surface area contributed by atoms with Crippen LogP contribution in [0.25, 0.3) is 10.9 Å². The van der Waals surface area contributed by atoms with Crippen molar-refractivity contribution in [2.45, 2.75) is 158 Å². The number of nitrogens with zero attached hydrogens (tertiary/aromatic N) is 1. The summed E-state index contributed by atoms with van der Waals surface area (Å²) in [6.07, 6.45) is 0.887. The lowest BCUT2D eigenvalue weighted by molar-refractivity contribution is -0.143. The molecule has 1 aliphatic heterocycles. The van der Waals surface area contributed by atoms with Crippen LogP contribution in [0.5, 0.6) is 5.75 Å². The number of aromatic hydroxyl groups is 1. The van der Waals surface area contributed by atoms with E-state index in [9.17, 15) is 93.0 Å². The Morgan fingerprint density at radius 2 is 1.08 bits per heavy atom. The molecule has 0 saturated carbocycles. The molecule has 2 aromatic carbocycles. The number of benzene rings is 2. The fourth-order valence-corrected chi connectivity index (χ4v) is 10.6. The number of rotatable bonds is 39. The maximum absolute atomic E-state index is 14.5. The van der Waals surface area contributed by atoms with Crippen LogP contribution in [-0.2, 0) is 75.2 Å². The van der Waals surface area contributed by atoms with Crippen molar-refractivity contribution in [2.24, 2.45) is 23.3 Å². The molecule has 512 valence electrons. The number of thioether (sulfide) groups is 1. The first kappa shape index (κ1) is 76.5. The smallest absolute Gasteiger partial charge is 0.326 e. The number of aromatic amines is 1. The Morgan fingerprint density at radius 3 is 1.63 bits per heavy atom. The van der Waals surface area contributed by atoms with E-state index in [1.807, 2.05) is 13.8 Å². The van der Waals surface area contributed by atoms with Crippen molar-refractivity contribution in [1.82, 2.24) is 57.7 Å². The van der Waals surface area contributed by atoms with Crippen LogP contribution in [0, 0.1) is 11.8 Å². The first-order valence-electron chi connectivity index (χ1n) is 30.2. The Bertz CT molecular complexity index is 3110. The third-order valence-corrected chi connectivity index (χ3v) is 15.6. The lowest BCUT2D eigenvalue weighted by atomic mass is 10.0. The van der Waals surface area contributed by atoms with Crippen molar-refractivity contribution in [2.75, 3.05) is 38.4 Å². The zero-order valence-electron chi connectivity index (χ0n) is 52.3. The Hall–Kier alpha value is -8.92. The maximum Gasteiger partial charge on any atom is 0.326 e. The zero-order chi connectivity index (χ0) is 69.2. The molecular formula is C60H87N13O19S. The summed E-state index contributed by atoms with van der Waals surface area (Å²) in [5.41, 5.74) is 13.0. The lowest BCUT2D eigenvalue weighted by Crippen LogP contribution is -2.61. The van der Waals surface area contributed by atoms with Gasteiger partial charge in [0, 0.05) is 42.9 Å². The van der Waals surface area contributed by atoms with Gasteiger partial charge < -0.3 is 99.8 Å². The van der Waals surface area contributed by atoms with E-state index >= 15 is 0 Å². The zero-order valence-corrected chi connectivity index (χ0v) is 53.1. The van der Waals surface area contributed by atoms with Crippen LogP contribution in [0.4, 0.5) is 0 Å². The number of para-hydroxylation sites is 1. The number of phenols is 1. The predicted octanol–water partition coefficient (Wildman–Crippen LogP) is -4.01. The number of carboxylic acid groups (broad SMARTS) is 2. The summed E-state index contributed by atoms with van der Waals surface area (Å²) in [5, 5.41) is 82.6. The number of aliphatic carboxylic acids is 2. The highest BCUT2D eigenvalue weighted by molar-refractivity contribution is 7.98. The van der Waals surface area contributed by atoms with E-state index in [4.69, 9.17) is 11.5 Å². The van der Waals surface area contributed by atoms with Crippen LogP contribution in [0.15, 0.2) is 54.7 Å². The molecule has 93 heavy (non-hydrogen) atoms. The van der Waals surface area contributed by atoms with Gasteiger partial charge in [-0.1, -0.05) is 58.0 Å². The van der Waals surface area contributed by atoms with Crippen molar-refractivity contribution in [1.29, 1.82) is 0 Å². The quantitative estimate of drug-likeness (QED) is 0.0259. The minimum absolute atomic E-state index is 0.0138. The topological polar surface area (TPSA) is 523 Å². The van der Waals surface area contributed by atoms with Crippen LogP contribution in [0.2, 0.25) is 0 Å². The number of phenolic OH excluding ortho intramolecular Hbond substituents is 1.